The monoisotopic (exact) mass is 1740 g/mol. The van der Waals surface area contributed by atoms with Crippen LogP contribution in [-0.4, -0.2) is 314 Å². The minimum absolute atomic E-state index is 0.00705. The Morgan fingerprint density at radius 1 is 0.424 bits per heavy atom. The van der Waals surface area contributed by atoms with Crippen molar-refractivity contribution >= 4 is 53.4 Å². The summed E-state index contributed by atoms with van der Waals surface area (Å²) in [4.78, 5) is 143. The van der Waals surface area contributed by atoms with Gasteiger partial charge in [-0.2, -0.15) is 0 Å². The number of phenolic OH excluding ortho intramolecular Hbond substituents is 4. The Balaban J connectivity index is 0.927. The van der Waals surface area contributed by atoms with Gasteiger partial charge in [-0.1, -0.05) is 52.0 Å². The second-order valence-corrected chi connectivity index (χ2v) is 37.1. The van der Waals surface area contributed by atoms with Crippen LogP contribution in [0.25, 0.3) is 34.2 Å². The van der Waals surface area contributed by atoms with E-state index in [0.29, 0.717) is 114 Å². The van der Waals surface area contributed by atoms with Gasteiger partial charge < -0.3 is 65.1 Å². The van der Waals surface area contributed by atoms with Crippen LogP contribution in [0.1, 0.15) is 212 Å². The van der Waals surface area contributed by atoms with Crippen molar-refractivity contribution in [2.75, 3.05) is 137 Å². The van der Waals surface area contributed by atoms with Gasteiger partial charge in [0.25, 0.3) is 11.8 Å². The average Bonchev–Trinajstić information content (AvgIpc) is 1.65. The average molecular weight is 1740 g/mol. The van der Waals surface area contributed by atoms with Gasteiger partial charge in [0.15, 0.2) is 11.6 Å². The van der Waals surface area contributed by atoms with Crippen molar-refractivity contribution in [2.24, 2.45) is 0 Å². The van der Waals surface area contributed by atoms with E-state index in [1.54, 1.807) is 123 Å². The minimum Gasteiger partial charge on any atom is -0.508 e. The van der Waals surface area contributed by atoms with Crippen molar-refractivity contribution in [3.63, 3.8) is 0 Å². The molecule has 5 amide bonds. The van der Waals surface area contributed by atoms with E-state index in [1.807, 2.05) is 101 Å². The lowest BCUT2D eigenvalue weighted by molar-refractivity contribution is -0.163. The van der Waals surface area contributed by atoms with E-state index in [2.05, 4.69) is 46.1 Å². The highest BCUT2D eigenvalue weighted by molar-refractivity contribution is 5.93. The van der Waals surface area contributed by atoms with E-state index >= 15 is 4.79 Å². The quantitative estimate of drug-likeness (QED) is 0.0159. The summed E-state index contributed by atoms with van der Waals surface area (Å²) in [5.41, 5.74) is 1.37. The van der Waals surface area contributed by atoms with Crippen LogP contribution in [0.4, 0.5) is 0 Å². The van der Waals surface area contributed by atoms with Crippen molar-refractivity contribution in [1.82, 2.24) is 84.7 Å². The maximum Gasteiger partial charge on any atom is 0.323 e. The molecule has 3 aliphatic rings. The number of ether oxygens (including phenoxy) is 4. The van der Waals surface area contributed by atoms with Crippen LogP contribution in [0.3, 0.4) is 0 Å². The normalized spacial score (nSPS) is 16.2. The first-order valence-corrected chi connectivity index (χ1v) is 43.7. The molecule has 125 heavy (non-hydrogen) atoms. The predicted molar refractivity (Wildman–Crippen MR) is 471 cm³/mol. The third-order valence-electron chi connectivity index (χ3n) is 21.5. The second-order valence-electron chi connectivity index (χ2n) is 37.1. The highest BCUT2D eigenvalue weighted by Crippen LogP contribution is 2.41. The van der Waals surface area contributed by atoms with Crippen LogP contribution in [0.5, 0.6) is 23.0 Å². The number of piperazine rings is 2. The first-order chi connectivity index (χ1) is 58.8. The second kappa shape index (κ2) is 43.5. The minimum atomic E-state index is -1.08. The molecule has 0 unspecified atom stereocenters. The number of hydrogen-bond acceptors (Lipinski definition) is 27. The van der Waals surface area contributed by atoms with E-state index in [1.165, 1.54) is 12.1 Å². The largest absolute Gasteiger partial charge is 0.508 e. The number of carbonyl (C=O) groups is 9. The fourth-order valence-corrected chi connectivity index (χ4v) is 15.4. The number of amides is 5. The summed E-state index contributed by atoms with van der Waals surface area (Å²) in [6, 6.07) is 18.7. The SMILES string of the molecule is CCNC(=O)c1nnc(-c2cc(C(C)C)c(O)cc2O)n1-c1ccc(CN2CCN(C(=O)CCC[C@H](NC(=O)CC[C@H](C(=O)OC(C)(C)C)N3CCN(CC(=O)OC(C)(C)C)CCN(CC(=O)OC(C)(C)C)CCN(CC(=O)OC(C)(C)C)CC3)C(=O)N3CCN(Cc4ccc(-n5c(C(=O)NCC)nnc5-c5cc(C(C)C)c(O)cc5O)cc4)CC3)CC2)cc1. The zero-order valence-electron chi connectivity index (χ0n) is 76.4. The maximum atomic E-state index is 15.2. The zero-order valence-corrected chi connectivity index (χ0v) is 76.4. The van der Waals surface area contributed by atoms with Gasteiger partial charge in [-0.3, -0.25) is 81.7 Å². The van der Waals surface area contributed by atoms with Crippen LogP contribution < -0.4 is 16.0 Å². The Morgan fingerprint density at radius 2 is 0.784 bits per heavy atom. The number of aromatic nitrogens is 6. The molecule has 4 aromatic carbocycles. The molecule has 3 saturated heterocycles. The van der Waals surface area contributed by atoms with Crippen molar-refractivity contribution < 1.29 is 82.5 Å². The number of benzene rings is 4. The van der Waals surface area contributed by atoms with Gasteiger partial charge in [0.05, 0.1) is 30.8 Å². The highest BCUT2D eigenvalue weighted by atomic mass is 16.6. The summed E-state index contributed by atoms with van der Waals surface area (Å²) in [6.45, 7) is 39.4. The molecular weight excluding hydrogens is 1600 g/mol. The number of nitrogens with zero attached hydrogens (tertiary/aromatic N) is 14. The molecular formula is C91H133N17O17. The summed E-state index contributed by atoms with van der Waals surface area (Å²) < 4.78 is 26.7. The molecule has 2 aromatic heterocycles. The highest BCUT2D eigenvalue weighted by Gasteiger charge is 2.37. The summed E-state index contributed by atoms with van der Waals surface area (Å²) in [5.74, 6) is -4.33. The van der Waals surface area contributed by atoms with Crippen LogP contribution in [0.2, 0.25) is 0 Å². The van der Waals surface area contributed by atoms with Crippen molar-refractivity contribution in [3.05, 3.63) is 107 Å². The standard InChI is InChI=1S/C91H133N17O17/c1-19-92-84(118)82-97-95-80(67-50-65(59(3)4)71(109)52-73(67)111)107(82)63-28-24-61(25-29-63)54-99-40-46-105(47-41-99)76(114)23-21-22-69(86(120)106-48-42-100(43-49-106)55-62-26-30-64(31-27-62)108-81(96-98-83(108)85(119)93-20-2)68-51-66(60(5)6)72(110)53-74(68)112)94-75(113)33-32-70(87(121)125-91(16,17)18)104-44-38-102(57-78(116)123-89(10,11)12)36-34-101(56-77(115)122-88(7,8)9)35-37-103(39-45-104)58-79(117)124-90(13,14)15/h24-31,50-53,59-60,69-70,109-112H,19-23,32-49,54-58H2,1-18H3,(H,92,118)(H,93,119)(H,94,113)/t69-,70+/m0/s1. The van der Waals surface area contributed by atoms with Crippen LogP contribution in [0, 0.1) is 0 Å². The zero-order chi connectivity index (χ0) is 91.6. The fourth-order valence-electron chi connectivity index (χ4n) is 15.4. The molecule has 3 aliphatic heterocycles. The molecule has 0 spiro atoms. The number of phenols is 4. The lowest BCUT2D eigenvalue weighted by atomic mass is 9.98. The first-order valence-electron chi connectivity index (χ1n) is 43.7. The summed E-state index contributed by atoms with van der Waals surface area (Å²) in [5, 5.41) is 69.6. The van der Waals surface area contributed by atoms with E-state index in [9.17, 15) is 58.8 Å². The molecule has 2 atom stereocenters. The molecule has 9 rings (SSSR count). The molecule has 0 bridgehead atoms. The van der Waals surface area contributed by atoms with Gasteiger partial charge >= 0.3 is 23.9 Å². The molecule has 6 aromatic rings. The summed E-state index contributed by atoms with van der Waals surface area (Å²) >= 11 is 0. The molecule has 34 nitrogen and oxygen atoms in total. The Kier molecular flexibility index (Phi) is 34.2. The molecule has 7 N–H and O–H groups in total. The van der Waals surface area contributed by atoms with E-state index in [4.69, 9.17) is 18.9 Å². The lowest BCUT2D eigenvalue weighted by Gasteiger charge is -2.37. The molecule has 3 fully saturated rings. The third-order valence-corrected chi connectivity index (χ3v) is 21.5. The molecule has 684 valence electrons. The summed E-state index contributed by atoms with van der Waals surface area (Å²) in [7, 11) is 0. The number of hydrogen-bond donors (Lipinski definition) is 7. The van der Waals surface area contributed by atoms with Gasteiger partial charge in [0.1, 0.15) is 57.5 Å². The molecule has 0 saturated carbocycles. The van der Waals surface area contributed by atoms with Crippen LogP contribution in [-0.2, 0) is 65.6 Å². The van der Waals surface area contributed by atoms with Crippen molar-refractivity contribution in [1.29, 1.82) is 0 Å². The van der Waals surface area contributed by atoms with Crippen LogP contribution in [0.15, 0.2) is 72.8 Å². The Hall–Kier alpha value is -10.7. The first kappa shape index (κ1) is 98.1. The van der Waals surface area contributed by atoms with Crippen molar-refractivity contribution in [3.8, 4) is 57.1 Å². The Bertz CT molecular complexity index is 4650. The number of esters is 4. The van der Waals surface area contributed by atoms with Crippen molar-refractivity contribution in [2.45, 2.75) is 216 Å². The molecule has 0 aliphatic carbocycles. The van der Waals surface area contributed by atoms with Gasteiger partial charge in [-0.05, 0) is 187 Å². The van der Waals surface area contributed by atoms with E-state index < -0.39 is 76.1 Å². The Morgan fingerprint density at radius 3 is 1.14 bits per heavy atom. The van der Waals surface area contributed by atoms with E-state index in [0.717, 1.165) is 11.1 Å². The third kappa shape index (κ3) is 28.9. The van der Waals surface area contributed by atoms with Gasteiger partial charge in [0, 0.05) is 167 Å². The number of rotatable bonds is 31. The molecule has 5 heterocycles. The summed E-state index contributed by atoms with van der Waals surface area (Å²) in [6.07, 6.45) is 0.101. The fraction of sp³-hybridized carbons (Fsp3) is 0.593. The maximum absolute atomic E-state index is 15.2. The molecule has 34 heteroatoms. The van der Waals surface area contributed by atoms with Gasteiger partial charge in [0.2, 0.25) is 29.4 Å². The number of aromatic hydroxyl groups is 4. The molecule has 0 radical (unpaired) electrons. The van der Waals surface area contributed by atoms with Gasteiger partial charge in [-0.15, -0.1) is 20.4 Å². The Labute approximate surface area is 734 Å². The lowest BCUT2D eigenvalue weighted by Crippen LogP contribution is -2.55. The van der Waals surface area contributed by atoms with Crippen LogP contribution >= 0.6 is 0 Å². The smallest absolute Gasteiger partial charge is 0.323 e. The number of nitrogens with one attached hydrogen (secondary N) is 3. The topological polar surface area (TPSA) is 395 Å². The predicted octanol–water partition coefficient (Wildman–Crippen LogP) is 8.13. The van der Waals surface area contributed by atoms with Gasteiger partial charge in [-0.25, -0.2) is 0 Å². The van der Waals surface area contributed by atoms with E-state index in [-0.39, 0.29) is 172 Å². The number of carbonyl (C=O) groups excluding carboxylic acids is 9.